The number of hydrogen-bond acceptors (Lipinski definition) is 2. The zero-order chi connectivity index (χ0) is 17.8. The Hall–Kier alpha value is -2.07. The quantitative estimate of drug-likeness (QED) is 0.778. The van der Waals surface area contributed by atoms with E-state index < -0.39 is 5.82 Å². The van der Waals surface area contributed by atoms with Crippen molar-refractivity contribution in [1.82, 2.24) is 4.90 Å². The Bertz CT molecular complexity index is 728. The predicted molar refractivity (Wildman–Crippen MR) is 96.9 cm³/mol. The molecule has 1 aliphatic rings. The molecule has 3 nitrogen and oxygen atoms in total. The van der Waals surface area contributed by atoms with Crippen molar-refractivity contribution in [2.24, 2.45) is 0 Å². The lowest BCUT2D eigenvalue weighted by atomic mass is 9.94. The normalized spacial score (nSPS) is 17.9. The number of carbonyl (C=O) groups is 1. The van der Waals surface area contributed by atoms with Crippen LogP contribution in [0.3, 0.4) is 0 Å². The summed E-state index contributed by atoms with van der Waals surface area (Å²) in [5.41, 5.74) is 1.14. The van der Waals surface area contributed by atoms with E-state index in [4.69, 9.17) is 16.3 Å². The zero-order valence-electron chi connectivity index (χ0n) is 14.2. The third kappa shape index (κ3) is 3.96. The summed E-state index contributed by atoms with van der Waals surface area (Å²) in [6, 6.07) is 12.3. The van der Waals surface area contributed by atoms with E-state index in [-0.39, 0.29) is 22.4 Å². The Morgan fingerprint density at radius 1 is 1.20 bits per heavy atom. The Morgan fingerprint density at radius 3 is 2.64 bits per heavy atom. The van der Waals surface area contributed by atoms with Crippen molar-refractivity contribution in [2.75, 3.05) is 20.2 Å². The fraction of sp³-hybridized carbons (Fsp3) is 0.350. The van der Waals surface area contributed by atoms with E-state index in [1.165, 1.54) is 17.7 Å². The van der Waals surface area contributed by atoms with Gasteiger partial charge in [-0.3, -0.25) is 4.79 Å². The minimum atomic E-state index is -0.567. The lowest BCUT2D eigenvalue weighted by molar-refractivity contribution is 0.0750. The summed E-state index contributed by atoms with van der Waals surface area (Å²) in [5.74, 6) is 0.137. The molecule has 5 heteroatoms. The van der Waals surface area contributed by atoms with Crippen LogP contribution >= 0.6 is 11.6 Å². The second kappa shape index (κ2) is 7.87. The molecule has 1 atom stereocenters. The number of rotatable bonds is 3. The molecule has 2 aromatic rings. The summed E-state index contributed by atoms with van der Waals surface area (Å²) < 4.78 is 19.3. The van der Waals surface area contributed by atoms with Crippen molar-refractivity contribution in [3.05, 3.63) is 64.4 Å². The van der Waals surface area contributed by atoms with Crippen LogP contribution in [0.4, 0.5) is 4.39 Å². The zero-order valence-corrected chi connectivity index (χ0v) is 14.9. The summed E-state index contributed by atoms with van der Waals surface area (Å²) >= 11 is 6.07. The third-order valence-corrected chi connectivity index (χ3v) is 5.04. The molecule has 1 amide bonds. The highest BCUT2D eigenvalue weighted by molar-refractivity contribution is 6.33. The summed E-state index contributed by atoms with van der Waals surface area (Å²) in [4.78, 5) is 14.6. The van der Waals surface area contributed by atoms with Crippen molar-refractivity contribution in [3.8, 4) is 5.75 Å². The van der Waals surface area contributed by atoms with Gasteiger partial charge in [0.1, 0.15) is 11.6 Å². The van der Waals surface area contributed by atoms with Gasteiger partial charge in [0.05, 0.1) is 17.7 Å². The number of amides is 1. The van der Waals surface area contributed by atoms with Crippen LogP contribution in [0.25, 0.3) is 0 Å². The van der Waals surface area contributed by atoms with Crippen LogP contribution in [0, 0.1) is 5.82 Å². The second-order valence-electron chi connectivity index (χ2n) is 6.31. The molecule has 1 aliphatic heterocycles. The number of hydrogen-bond donors (Lipinski definition) is 0. The van der Waals surface area contributed by atoms with E-state index in [1.54, 1.807) is 18.1 Å². The molecule has 132 valence electrons. The van der Waals surface area contributed by atoms with Gasteiger partial charge in [0.2, 0.25) is 0 Å². The number of ether oxygens (including phenoxy) is 1. The van der Waals surface area contributed by atoms with E-state index in [2.05, 4.69) is 0 Å². The van der Waals surface area contributed by atoms with Gasteiger partial charge in [-0.15, -0.1) is 0 Å². The first-order valence-electron chi connectivity index (χ1n) is 8.47. The molecule has 0 spiro atoms. The molecular weight excluding hydrogens is 341 g/mol. The van der Waals surface area contributed by atoms with Crippen LogP contribution in [0.2, 0.25) is 5.02 Å². The Kier molecular flexibility index (Phi) is 5.59. The van der Waals surface area contributed by atoms with Crippen molar-refractivity contribution in [2.45, 2.75) is 25.2 Å². The number of nitrogens with zero attached hydrogens (tertiary/aromatic N) is 1. The van der Waals surface area contributed by atoms with Gasteiger partial charge in [-0.1, -0.05) is 36.2 Å². The minimum Gasteiger partial charge on any atom is -0.497 e. The second-order valence-corrected chi connectivity index (χ2v) is 6.72. The molecule has 3 rings (SSSR count). The van der Waals surface area contributed by atoms with Crippen molar-refractivity contribution in [3.63, 3.8) is 0 Å². The molecule has 0 aliphatic carbocycles. The van der Waals surface area contributed by atoms with E-state index in [0.29, 0.717) is 13.1 Å². The Morgan fingerprint density at radius 2 is 1.96 bits per heavy atom. The average Bonchev–Trinajstić information content (AvgIpc) is 2.88. The van der Waals surface area contributed by atoms with E-state index >= 15 is 0 Å². The van der Waals surface area contributed by atoms with Crippen molar-refractivity contribution in [1.29, 1.82) is 0 Å². The monoisotopic (exact) mass is 361 g/mol. The average molecular weight is 362 g/mol. The van der Waals surface area contributed by atoms with Gasteiger partial charge in [-0.2, -0.15) is 0 Å². The fourth-order valence-corrected chi connectivity index (χ4v) is 3.58. The van der Waals surface area contributed by atoms with Crippen LogP contribution < -0.4 is 4.74 Å². The Labute approximate surface area is 152 Å². The van der Waals surface area contributed by atoms with Crippen molar-refractivity contribution < 1.29 is 13.9 Å². The highest BCUT2D eigenvalue weighted by Gasteiger charge is 2.27. The lowest BCUT2D eigenvalue weighted by Crippen LogP contribution is -2.34. The SMILES string of the molecule is COc1ccc(C2CCCCN(C(=O)c3c(F)cccc3Cl)C2)cc1. The fourth-order valence-electron chi connectivity index (χ4n) is 3.33. The number of likely N-dealkylation sites (tertiary alicyclic amines) is 1. The molecule has 1 unspecified atom stereocenters. The maximum Gasteiger partial charge on any atom is 0.258 e. The summed E-state index contributed by atoms with van der Waals surface area (Å²) in [6.07, 6.45) is 2.94. The van der Waals surface area contributed by atoms with Crippen LogP contribution in [0.15, 0.2) is 42.5 Å². The first-order valence-corrected chi connectivity index (χ1v) is 8.85. The maximum atomic E-state index is 14.1. The van der Waals surface area contributed by atoms with Gasteiger partial charge in [0.25, 0.3) is 5.91 Å². The van der Waals surface area contributed by atoms with Gasteiger partial charge in [-0.05, 0) is 42.7 Å². The highest BCUT2D eigenvalue weighted by Crippen LogP contribution is 2.30. The number of halogens is 2. The molecule has 0 radical (unpaired) electrons. The first kappa shape index (κ1) is 17.7. The van der Waals surface area contributed by atoms with E-state index in [1.807, 2.05) is 24.3 Å². The number of carbonyl (C=O) groups excluding carboxylic acids is 1. The van der Waals surface area contributed by atoms with Crippen LogP contribution in [-0.4, -0.2) is 31.0 Å². The smallest absolute Gasteiger partial charge is 0.258 e. The summed E-state index contributed by atoms with van der Waals surface area (Å²) in [7, 11) is 1.64. The summed E-state index contributed by atoms with van der Waals surface area (Å²) in [5, 5.41) is 0.162. The molecule has 1 heterocycles. The van der Waals surface area contributed by atoms with Crippen LogP contribution in [0.5, 0.6) is 5.75 Å². The lowest BCUT2D eigenvalue weighted by Gasteiger charge is -2.25. The molecule has 0 aromatic heterocycles. The van der Waals surface area contributed by atoms with Gasteiger partial charge in [0, 0.05) is 19.0 Å². The minimum absolute atomic E-state index is 0.0282. The topological polar surface area (TPSA) is 29.5 Å². The number of methoxy groups -OCH3 is 1. The number of benzene rings is 2. The van der Waals surface area contributed by atoms with Gasteiger partial charge < -0.3 is 9.64 Å². The molecule has 1 saturated heterocycles. The van der Waals surface area contributed by atoms with E-state index in [9.17, 15) is 9.18 Å². The Balaban J connectivity index is 1.82. The third-order valence-electron chi connectivity index (χ3n) is 4.72. The molecule has 2 aromatic carbocycles. The van der Waals surface area contributed by atoms with Gasteiger partial charge in [0.15, 0.2) is 0 Å². The predicted octanol–water partition coefficient (Wildman–Crippen LogP) is 4.90. The molecule has 0 N–H and O–H groups in total. The molecule has 0 saturated carbocycles. The molecule has 25 heavy (non-hydrogen) atoms. The van der Waals surface area contributed by atoms with Crippen LogP contribution in [-0.2, 0) is 0 Å². The molecular formula is C20H21ClFNO2. The summed E-state index contributed by atoms with van der Waals surface area (Å²) in [6.45, 7) is 1.19. The van der Waals surface area contributed by atoms with E-state index in [0.717, 1.165) is 25.0 Å². The van der Waals surface area contributed by atoms with Crippen LogP contribution in [0.1, 0.15) is 41.1 Å². The van der Waals surface area contributed by atoms with Gasteiger partial charge >= 0.3 is 0 Å². The highest BCUT2D eigenvalue weighted by atomic mass is 35.5. The molecule has 0 bridgehead atoms. The van der Waals surface area contributed by atoms with Gasteiger partial charge in [-0.25, -0.2) is 4.39 Å². The standard InChI is InChI=1S/C20H21ClFNO2/c1-25-16-10-8-14(9-11-16)15-5-2-3-12-23(13-15)20(24)19-17(21)6-4-7-18(19)22/h4,6-11,15H,2-3,5,12-13H2,1H3. The molecule has 1 fully saturated rings. The largest absolute Gasteiger partial charge is 0.497 e. The first-order chi connectivity index (χ1) is 12.1. The maximum absolute atomic E-state index is 14.1. The van der Waals surface area contributed by atoms with Crippen molar-refractivity contribution >= 4 is 17.5 Å².